The van der Waals surface area contributed by atoms with Crippen LogP contribution in [0.1, 0.15) is 11.1 Å². The van der Waals surface area contributed by atoms with Gasteiger partial charge in [-0.05, 0) is 35.4 Å². The predicted molar refractivity (Wildman–Crippen MR) is 118 cm³/mol. The summed E-state index contributed by atoms with van der Waals surface area (Å²) in [6.45, 7) is -1.08. The summed E-state index contributed by atoms with van der Waals surface area (Å²) in [6.07, 6.45) is 0. The van der Waals surface area contributed by atoms with Crippen LogP contribution in [-0.2, 0) is 42.9 Å². The van der Waals surface area contributed by atoms with Crippen LogP contribution in [0, 0.1) is 0 Å². The van der Waals surface area contributed by atoms with E-state index in [1.54, 1.807) is 0 Å². The minimum Gasteiger partial charge on any atom is -0.492 e. The average Bonchev–Trinajstić information content (AvgIpc) is 2.76. The Labute approximate surface area is 210 Å². The van der Waals surface area contributed by atoms with E-state index in [-0.39, 0.29) is 54.4 Å². The van der Waals surface area contributed by atoms with Crippen molar-refractivity contribution in [2.75, 3.05) is 25.1 Å². The van der Waals surface area contributed by atoms with Crippen molar-refractivity contribution in [3.8, 4) is 5.75 Å². The molecule has 0 amide bonds. The number of hydrogen-bond donors (Lipinski definition) is 6. The molecule has 0 unspecified atom stereocenters. The van der Waals surface area contributed by atoms with Gasteiger partial charge in [0.05, 0.1) is 47.9 Å². The summed E-state index contributed by atoms with van der Waals surface area (Å²) < 4.78 is 56.2. The summed E-state index contributed by atoms with van der Waals surface area (Å²) in [7, 11) is -8.41. The highest BCUT2D eigenvalue weighted by Crippen LogP contribution is 2.35. The van der Waals surface area contributed by atoms with E-state index in [9.17, 15) is 16.8 Å². The molecule has 2 aromatic rings. The van der Waals surface area contributed by atoms with Crippen molar-refractivity contribution in [3.05, 3.63) is 46.5 Å². The number of nitrogens with one attached hydrogen (secondary N) is 1. The zero-order chi connectivity index (χ0) is 26.7. The Morgan fingerprint density at radius 3 is 2.14 bits per heavy atom. The van der Waals surface area contributed by atoms with Gasteiger partial charge in [-0.15, -0.1) is 0 Å². The molecule has 19 heteroatoms. The van der Waals surface area contributed by atoms with Gasteiger partial charge >= 0.3 is 0 Å². The maximum atomic E-state index is 13.1. The van der Waals surface area contributed by atoms with Gasteiger partial charge in [-0.25, -0.2) is 31.6 Å². The van der Waals surface area contributed by atoms with Crippen LogP contribution in [0.25, 0.3) is 0 Å². The number of halogens is 1. The Kier molecular flexibility index (Phi) is 9.06. The Balaban J connectivity index is 1.75. The number of rotatable bonds is 11. The maximum absolute atomic E-state index is 13.1. The van der Waals surface area contributed by atoms with Crippen LogP contribution in [0.5, 0.6) is 5.75 Å². The molecule has 0 atom stereocenters. The van der Waals surface area contributed by atoms with Gasteiger partial charge in [0, 0.05) is 0 Å². The number of benzene rings is 2. The van der Waals surface area contributed by atoms with E-state index in [1.807, 2.05) is 0 Å². The van der Waals surface area contributed by atoms with Gasteiger partial charge in [0.1, 0.15) is 22.1 Å². The summed E-state index contributed by atoms with van der Waals surface area (Å²) >= 11 is 5.93. The lowest BCUT2D eigenvalue weighted by atomic mass is 10.1. The zero-order valence-electron chi connectivity index (χ0n) is 18.2. The van der Waals surface area contributed by atoms with Gasteiger partial charge in [0.15, 0.2) is 0 Å². The topological polar surface area (TPSA) is 225 Å². The van der Waals surface area contributed by atoms with Crippen LogP contribution in [0.15, 0.2) is 40.1 Å². The molecule has 0 aliphatic carbocycles. The second-order valence-electron chi connectivity index (χ2n) is 7.23. The number of fused-ring (bicyclic) bond motifs is 1. The SMILES string of the molecule is NS(=O)(=O)c1cc2c(cc1Cl)NCN(CCOc1cc(CON(O)O)cc(CON(O)O)c1)S2(=O)=O. The molecule has 16 nitrogen and oxygen atoms in total. The van der Waals surface area contributed by atoms with Crippen molar-refractivity contribution in [2.45, 2.75) is 23.0 Å². The summed E-state index contributed by atoms with van der Waals surface area (Å²) in [4.78, 5) is 8.24. The molecule has 0 radical (unpaired) electrons. The number of anilines is 1. The normalized spacial score (nSPS) is 15.7. The van der Waals surface area contributed by atoms with Crippen molar-refractivity contribution in [1.29, 1.82) is 0 Å². The van der Waals surface area contributed by atoms with E-state index in [0.717, 1.165) is 10.4 Å². The molecule has 0 saturated heterocycles. The summed E-state index contributed by atoms with van der Waals surface area (Å²) in [6, 6.07) is 6.46. The van der Waals surface area contributed by atoms with Crippen LogP contribution in [0.4, 0.5) is 5.69 Å². The van der Waals surface area contributed by atoms with E-state index in [1.165, 1.54) is 24.3 Å². The standard InChI is InChI=1S/C17H22ClN5O11S2/c18-14-6-15-17(7-16(14)35(19,28)29)36(30,31)21(10-20-15)1-2-32-13-4-11(8-33-22(24)25)3-12(5-13)9-34-23(26)27/h3-7,20,24-27H,1-2,8-10H2,(H2,19,28,29). The molecule has 0 fully saturated rings. The van der Waals surface area contributed by atoms with Crippen LogP contribution >= 0.6 is 11.6 Å². The number of nitrogens with two attached hydrogens (primary N) is 1. The van der Waals surface area contributed by atoms with E-state index >= 15 is 0 Å². The first kappa shape index (κ1) is 28.4. The summed E-state index contributed by atoms with van der Waals surface area (Å²) in [5.74, 6) is 0.200. The van der Waals surface area contributed by atoms with Crippen LogP contribution in [0.3, 0.4) is 0 Å². The monoisotopic (exact) mass is 571 g/mol. The smallest absolute Gasteiger partial charge is 0.246 e. The first-order valence-electron chi connectivity index (χ1n) is 9.75. The van der Waals surface area contributed by atoms with Gasteiger partial charge < -0.3 is 10.1 Å². The van der Waals surface area contributed by atoms with Gasteiger partial charge in [0.2, 0.25) is 20.0 Å². The number of sulfonamides is 2. The third-order valence-corrected chi connectivity index (χ3v) is 7.99. The maximum Gasteiger partial charge on any atom is 0.246 e. The highest BCUT2D eigenvalue weighted by atomic mass is 35.5. The molecule has 2 aromatic carbocycles. The molecule has 200 valence electrons. The van der Waals surface area contributed by atoms with Crippen LogP contribution in [0.2, 0.25) is 5.02 Å². The van der Waals surface area contributed by atoms with Gasteiger partial charge in [-0.2, -0.15) is 4.31 Å². The lowest BCUT2D eigenvalue weighted by Crippen LogP contribution is -2.42. The molecule has 0 bridgehead atoms. The number of primary sulfonamides is 1. The fourth-order valence-corrected chi connectivity index (χ4v) is 5.89. The second-order valence-corrected chi connectivity index (χ2v) is 11.1. The predicted octanol–water partition coefficient (Wildman–Crippen LogP) is 0.464. The van der Waals surface area contributed by atoms with E-state index in [4.69, 9.17) is 42.3 Å². The summed E-state index contributed by atoms with van der Waals surface area (Å²) in [5, 5.41) is 41.7. The van der Waals surface area contributed by atoms with E-state index < -0.39 is 35.7 Å². The first-order chi connectivity index (χ1) is 16.8. The third kappa shape index (κ3) is 7.20. The molecule has 0 saturated carbocycles. The molecular weight excluding hydrogens is 550 g/mol. The molecule has 0 aromatic heterocycles. The van der Waals surface area contributed by atoms with Crippen molar-refractivity contribution in [1.82, 2.24) is 15.1 Å². The van der Waals surface area contributed by atoms with Crippen molar-refractivity contribution < 1.29 is 52.1 Å². The molecule has 1 aliphatic rings. The molecule has 1 aliphatic heterocycles. The van der Waals surface area contributed by atoms with Gasteiger partial charge in [-0.3, -0.25) is 20.8 Å². The fourth-order valence-electron chi connectivity index (χ4n) is 3.21. The summed E-state index contributed by atoms with van der Waals surface area (Å²) in [5.41, 5.74) is 0.857. The van der Waals surface area contributed by atoms with Gasteiger partial charge in [-0.1, -0.05) is 17.7 Å². The van der Waals surface area contributed by atoms with E-state index in [0.29, 0.717) is 11.1 Å². The lowest BCUT2D eigenvalue weighted by molar-refractivity contribution is -0.497. The Morgan fingerprint density at radius 2 is 1.61 bits per heavy atom. The molecular formula is C17H22ClN5O11S2. The Hall–Kier alpha value is -2.17. The van der Waals surface area contributed by atoms with Crippen LogP contribution in [-0.4, -0.2) is 72.6 Å². The number of nitrogens with zero attached hydrogens (tertiary/aromatic N) is 3. The third-order valence-electron chi connectivity index (χ3n) is 4.73. The van der Waals surface area contributed by atoms with Crippen LogP contribution < -0.4 is 15.2 Å². The minimum absolute atomic E-state index is 0.116. The lowest BCUT2D eigenvalue weighted by Gasteiger charge is -2.29. The average molecular weight is 572 g/mol. The molecule has 36 heavy (non-hydrogen) atoms. The first-order valence-corrected chi connectivity index (χ1v) is 13.1. The highest BCUT2D eigenvalue weighted by molar-refractivity contribution is 7.90. The molecule has 1 heterocycles. The van der Waals surface area contributed by atoms with Crippen molar-refractivity contribution in [3.63, 3.8) is 0 Å². The fraction of sp³-hybridized carbons (Fsp3) is 0.294. The van der Waals surface area contributed by atoms with Gasteiger partial charge in [0.25, 0.3) is 0 Å². The Morgan fingerprint density at radius 1 is 1.03 bits per heavy atom. The largest absolute Gasteiger partial charge is 0.492 e. The molecule has 0 spiro atoms. The Bertz CT molecular complexity index is 1280. The zero-order valence-corrected chi connectivity index (χ0v) is 20.6. The quantitative estimate of drug-likeness (QED) is 0.202. The second kappa shape index (κ2) is 11.5. The van der Waals surface area contributed by atoms with Crippen molar-refractivity contribution >= 4 is 37.3 Å². The number of hydrogen-bond acceptors (Lipinski definition) is 14. The number of ether oxygens (including phenoxy) is 1. The molecule has 3 rings (SSSR count). The minimum atomic E-state index is -4.27. The van der Waals surface area contributed by atoms with Crippen molar-refractivity contribution in [2.24, 2.45) is 5.14 Å². The highest BCUT2D eigenvalue weighted by Gasteiger charge is 2.33. The van der Waals surface area contributed by atoms with E-state index in [2.05, 4.69) is 15.0 Å². The molecule has 7 N–H and O–H groups in total.